The number of hydrogen-bond donors (Lipinski definition) is 1. The van der Waals surface area contributed by atoms with Gasteiger partial charge in [0.2, 0.25) is 0 Å². The molecule has 0 saturated heterocycles. The Morgan fingerprint density at radius 2 is 2.12 bits per heavy atom. The molecule has 0 atom stereocenters. The second-order valence-corrected chi connectivity index (χ2v) is 5.13. The van der Waals surface area contributed by atoms with Gasteiger partial charge in [-0.15, -0.1) is 5.10 Å². The molecule has 2 aromatic heterocycles. The van der Waals surface area contributed by atoms with E-state index in [-0.39, 0.29) is 17.8 Å². The monoisotopic (exact) mass is 240 g/mol. The number of nitrogens with zero attached hydrogens (tertiary/aromatic N) is 4. The lowest BCUT2D eigenvalue weighted by atomic mass is 9.91. The maximum Gasteiger partial charge on any atom is 0.271 e. The van der Waals surface area contributed by atoms with Crippen LogP contribution in [0, 0.1) is 0 Å². The summed E-state index contributed by atoms with van der Waals surface area (Å²) in [6.45, 7) is 5.88. The van der Waals surface area contributed by atoms with E-state index in [1.165, 1.54) is 11.5 Å². The SMILES string of the molecule is CC(C)(C)c1nnsc1-c1nc(CO)no1. The van der Waals surface area contributed by atoms with Gasteiger partial charge in [-0.25, -0.2) is 0 Å². The van der Waals surface area contributed by atoms with E-state index in [1.54, 1.807) is 0 Å². The Bertz CT molecular complexity index is 486. The molecule has 0 spiro atoms. The molecule has 0 radical (unpaired) electrons. The molecule has 0 saturated carbocycles. The first-order valence-electron chi connectivity index (χ1n) is 4.79. The van der Waals surface area contributed by atoms with E-state index in [0.717, 1.165) is 10.6 Å². The summed E-state index contributed by atoms with van der Waals surface area (Å²) in [5, 5.41) is 16.6. The highest BCUT2D eigenvalue weighted by atomic mass is 32.1. The average molecular weight is 240 g/mol. The van der Waals surface area contributed by atoms with Gasteiger partial charge < -0.3 is 9.63 Å². The first kappa shape index (κ1) is 11.2. The zero-order valence-electron chi connectivity index (χ0n) is 9.26. The number of aliphatic hydroxyl groups excluding tert-OH is 1. The smallest absolute Gasteiger partial charge is 0.271 e. The predicted octanol–water partition coefficient (Wildman–Crippen LogP) is 1.38. The third-order valence-corrected chi connectivity index (χ3v) is 2.72. The quantitative estimate of drug-likeness (QED) is 0.853. The Hall–Kier alpha value is -1.34. The molecule has 1 N–H and O–H groups in total. The van der Waals surface area contributed by atoms with Crippen molar-refractivity contribution < 1.29 is 9.63 Å². The van der Waals surface area contributed by atoms with Gasteiger partial charge in [-0.1, -0.05) is 30.4 Å². The number of aliphatic hydroxyl groups is 1. The Morgan fingerprint density at radius 1 is 1.38 bits per heavy atom. The normalized spacial score (nSPS) is 12.0. The number of hydrogen-bond acceptors (Lipinski definition) is 7. The fourth-order valence-corrected chi connectivity index (χ4v) is 2.03. The summed E-state index contributed by atoms with van der Waals surface area (Å²) in [5.41, 5.74) is 0.696. The van der Waals surface area contributed by atoms with Gasteiger partial charge in [-0.3, -0.25) is 0 Å². The van der Waals surface area contributed by atoms with Crippen molar-refractivity contribution in [2.24, 2.45) is 0 Å². The van der Waals surface area contributed by atoms with Crippen LogP contribution >= 0.6 is 11.5 Å². The average Bonchev–Trinajstić information content (AvgIpc) is 2.84. The van der Waals surface area contributed by atoms with Crippen molar-refractivity contribution in [3.8, 4) is 10.8 Å². The first-order chi connectivity index (χ1) is 7.52. The molecule has 0 amide bonds. The van der Waals surface area contributed by atoms with Crippen LogP contribution in [0.5, 0.6) is 0 Å². The van der Waals surface area contributed by atoms with Gasteiger partial charge in [0.1, 0.15) is 11.5 Å². The van der Waals surface area contributed by atoms with E-state index in [0.29, 0.717) is 5.89 Å². The summed E-state index contributed by atoms with van der Waals surface area (Å²) in [6.07, 6.45) is 0. The third kappa shape index (κ3) is 1.96. The van der Waals surface area contributed by atoms with Gasteiger partial charge in [0.05, 0.1) is 5.69 Å². The minimum Gasteiger partial charge on any atom is -0.388 e. The fraction of sp³-hybridized carbons (Fsp3) is 0.556. The fourth-order valence-electron chi connectivity index (χ4n) is 1.23. The number of aromatic nitrogens is 4. The highest BCUT2D eigenvalue weighted by molar-refractivity contribution is 7.09. The molecule has 2 heterocycles. The van der Waals surface area contributed by atoms with Crippen molar-refractivity contribution in [2.75, 3.05) is 0 Å². The molecule has 0 aliphatic rings. The van der Waals surface area contributed by atoms with E-state index in [2.05, 4.69) is 19.7 Å². The van der Waals surface area contributed by atoms with Crippen LogP contribution in [-0.4, -0.2) is 24.8 Å². The zero-order chi connectivity index (χ0) is 11.8. The first-order valence-corrected chi connectivity index (χ1v) is 5.56. The van der Waals surface area contributed by atoms with Crippen LogP contribution in [0.25, 0.3) is 10.8 Å². The van der Waals surface area contributed by atoms with Gasteiger partial charge in [0.25, 0.3) is 5.89 Å². The van der Waals surface area contributed by atoms with E-state index >= 15 is 0 Å². The molecule has 0 bridgehead atoms. The van der Waals surface area contributed by atoms with Crippen molar-refractivity contribution in [3.63, 3.8) is 0 Å². The molecule has 7 heteroatoms. The van der Waals surface area contributed by atoms with Crippen LogP contribution in [0.4, 0.5) is 0 Å². The van der Waals surface area contributed by atoms with Crippen LogP contribution in [0.3, 0.4) is 0 Å². The summed E-state index contributed by atoms with van der Waals surface area (Å²) in [7, 11) is 0. The highest BCUT2D eigenvalue weighted by Crippen LogP contribution is 2.32. The van der Waals surface area contributed by atoms with Crippen molar-refractivity contribution in [2.45, 2.75) is 32.8 Å². The van der Waals surface area contributed by atoms with Gasteiger partial charge >= 0.3 is 0 Å². The third-order valence-electron chi connectivity index (χ3n) is 2.00. The molecule has 2 rings (SSSR count). The summed E-state index contributed by atoms with van der Waals surface area (Å²) in [4.78, 5) is 4.81. The van der Waals surface area contributed by atoms with Crippen LogP contribution in [0.1, 0.15) is 32.3 Å². The lowest BCUT2D eigenvalue weighted by molar-refractivity contribution is 0.264. The molecule has 6 nitrogen and oxygen atoms in total. The van der Waals surface area contributed by atoms with Gasteiger partial charge in [-0.2, -0.15) is 4.98 Å². The minimum atomic E-state index is -0.236. The molecular formula is C9H12N4O2S. The van der Waals surface area contributed by atoms with E-state index in [9.17, 15) is 0 Å². The molecule has 0 unspecified atom stereocenters. The van der Waals surface area contributed by atoms with Gasteiger partial charge in [0.15, 0.2) is 5.82 Å². The molecule has 16 heavy (non-hydrogen) atoms. The topological polar surface area (TPSA) is 84.9 Å². The standard InChI is InChI=1S/C9H12N4O2S/c1-9(2,3)7-6(16-13-11-7)8-10-5(4-14)12-15-8/h14H,4H2,1-3H3. The van der Waals surface area contributed by atoms with Gasteiger partial charge in [0, 0.05) is 5.41 Å². The molecule has 86 valence electrons. The zero-order valence-corrected chi connectivity index (χ0v) is 10.1. The molecular weight excluding hydrogens is 228 g/mol. The van der Waals surface area contributed by atoms with Crippen molar-refractivity contribution >= 4 is 11.5 Å². The summed E-state index contributed by atoms with van der Waals surface area (Å²) in [5.74, 6) is 0.632. The Morgan fingerprint density at radius 3 is 2.69 bits per heavy atom. The van der Waals surface area contributed by atoms with E-state index in [1.807, 2.05) is 20.8 Å². The summed E-state index contributed by atoms with van der Waals surface area (Å²) >= 11 is 1.21. The van der Waals surface area contributed by atoms with Crippen molar-refractivity contribution in [1.29, 1.82) is 0 Å². The Balaban J connectivity index is 2.44. The van der Waals surface area contributed by atoms with E-state index < -0.39 is 0 Å². The maximum atomic E-state index is 8.86. The number of rotatable bonds is 2. The van der Waals surface area contributed by atoms with E-state index in [4.69, 9.17) is 9.63 Å². The molecule has 0 fully saturated rings. The maximum absolute atomic E-state index is 8.86. The lowest BCUT2D eigenvalue weighted by Gasteiger charge is -2.14. The lowest BCUT2D eigenvalue weighted by Crippen LogP contribution is -2.13. The van der Waals surface area contributed by atoms with Crippen LogP contribution < -0.4 is 0 Å². The van der Waals surface area contributed by atoms with Crippen LogP contribution in [0.2, 0.25) is 0 Å². The molecule has 0 aliphatic carbocycles. The summed E-state index contributed by atoms with van der Waals surface area (Å²) < 4.78 is 8.95. The second-order valence-electron chi connectivity index (χ2n) is 4.37. The Labute approximate surface area is 96.5 Å². The molecule has 2 aromatic rings. The van der Waals surface area contributed by atoms with Gasteiger partial charge in [-0.05, 0) is 11.5 Å². The predicted molar refractivity (Wildman–Crippen MR) is 57.8 cm³/mol. The van der Waals surface area contributed by atoms with Crippen LogP contribution in [0.15, 0.2) is 4.52 Å². The van der Waals surface area contributed by atoms with Crippen LogP contribution in [-0.2, 0) is 12.0 Å². The second kappa shape index (κ2) is 3.91. The molecule has 0 aromatic carbocycles. The largest absolute Gasteiger partial charge is 0.388 e. The highest BCUT2D eigenvalue weighted by Gasteiger charge is 2.26. The Kier molecular flexibility index (Phi) is 2.73. The summed E-state index contributed by atoms with van der Waals surface area (Å²) in [6, 6.07) is 0. The van der Waals surface area contributed by atoms with Crippen molar-refractivity contribution in [3.05, 3.63) is 11.5 Å². The van der Waals surface area contributed by atoms with Crippen molar-refractivity contribution in [1.82, 2.24) is 19.7 Å². The molecule has 0 aliphatic heterocycles. The minimum absolute atomic E-state index is 0.129.